The van der Waals surface area contributed by atoms with Gasteiger partial charge in [0.15, 0.2) is 6.29 Å². The Morgan fingerprint density at radius 3 is 2.35 bits per heavy atom. The Balaban J connectivity index is 2.74. The van der Waals surface area contributed by atoms with Gasteiger partial charge in [-0.3, -0.25) is 4.79 Å². The normalized spacial score (nSPS) is 31.0. The topological polar surface area (TPSA) is 126 Å². The molecule has 0 aromatic carbocycles. The molecule has 1 rings (SSSR count). The van der Waals surface area contributed by atoms with E-state index in [0.29, 0.717) is 0 Å². The van der Waals surface area contributed by atoms with E-state index >= 15 is 0 Å². The fourth-order valence-electron chi connectivity index (χ4n) is 2.30. The standard InChI is InChI=1S/C18H30O8/c1-10(2)12(6-7-18(4,5)23)8-25-17-16(22)15(21)14(20)13(26-17)9-24-11(3)19/h6-7,12-17,20-23H,1,8-9H2,2-5H3. The summed E-state index contributed by atoms with van der Waals surface area (Å²) in [4.78, 5) is 10.9. The summed E-state index contributed by atoms with van der Waals surface area (Å²) in [6.45, 7) is 9.93. The summed E-state index contributed by atoms with van der Waals surface area (Å²) in [6.07, 6.45) is -3.30. The lowest BCUT2D eigenvalue weighted by Crippen LogP contribution is -2.59. The Morgan fingerprint density at radius 2 is 1.85 bits per heavy atom. The van der Waals surface area contributed by atoms with Crippen LogP contribution in [0.2, 0.25) is 0 Å². The van der Waals surface area contributed by atoms with Crippen molar-refractivity contribution >= 4 is 5.97 Å². The molecule has 0 radical (unpaired) electrons. The monoisotopic (exact) mass is 374 g/mol. The number of hydrogen-bond donors (Lipinski definition) is 4. The molecule has 1 aliphatic rings. The number of ether oxygens (including phenoxy) is 3. The van der Waals surface area contributed by atoms with Gasteiger partial charge >= 0.3 is 5.97 Å². The molecule has 0 bridgehead atoms. The molecule has 0 aliphatic carbocycles. The number of rotatable bonds is 8. The summed E-state index contributed by atoms with van der Waals surface area (Å²) in [5, 5.41) is 39.8. The molecule has 26 heavy (non-hydrogen) atoms. The summed E-state index contributed by atoms with van der Waals surface area (Å²) in [7, 11) is 0. The maximum atomic E-state index is 10.9. The lowest BCUT2D eigenvalue weighted by Gasteiger charge is -2.40. The van der Waals surface area contributed by atoms with Gasteiger partial charge in [0.1, 0.15) is 31.0 Å². The van der Waals surface area contributed by atoms with Gasteiger partial charge in [0.2, 0.25) is 0 Å². The van der Waals surface area contributed by atoms with Crippen molar-refractivity contribution < 1.29 is 39.4 Å². The molecule has 1 saturated heterocycles. The van der Waals surface area contributed by atoms with Crippen molar-refractivity contribution in [1.82, 2.24) is 0 Å². The highest BCUT2D eigenvalue weighted by Gasteiger charge is 2.44. The second-order valence-corrected chi connectivity index (χ2v) is 7.12. The van der Waals surface area contributed by atoms with E-state index in [1.54, 1.807) is 32.9 Å². The predicted octanol–water partition coefficient (Wildman–Crippen LogP) is -0.107. The Kier molecular flexibility index (Phi) is 8.39. The molecule has 1 aliphatic heterocycles. The minimum Gasteiger partial charge on any atom is -0.463 e. The summed E-state index contributed by atoms with van der Waals surface area (Å²) in [5.74, 6) is -0.814. The van der Waals surface area contributed by atoms with Gasteiger partial charge in [0.05, 0.1) is 12.2 Å². The molecule has 6 atom stereocenters. The molecule has 0 spiro atoms. The molecular weight excluding hydrogens is 344 g/mol. The van der Waals surface area contributed by atoms with Crippen LogP contribution >= 0.6 is 0 Å². The summed E-state index contributed by atoms with van der Waals surface area (Å²) < 4.78 is 15.8. The molecule has 0 saturated carbocycles. The molecule has 4 N–H and O–H groups in total. The SMILES string of the molecule is C=C(C)C(C=CC(C)(C)O)COC1OC(COC(C)=O)C(O)C(O)C1O. The maximum Gasteiger partial charge on any atom is 0.302 e. The number of hydrogen-bond acceptors (Lipinski definition) is 8. The van der Waals surface area contributed by atoms with E-state index in [1.165, 1.54) is 6.92 Å². The first-order chi connectivity index (χ1) is 11.9. The second kappa shape index (κ2) is 9.59. The minimum atomic E-state index is -1.51. The smallest absolute Gasteiger partial charge is 0.302 e. The average Bonchev–Trinajstić information content (AvgIpc) is 2.51. The number of carbonyl (C=O) groups excluding carboxylic acids is 1. The van der Waals surface area contributed by atoms with Crippen LogP contribution in [0.5, 0.6) is 0 Å². The van der Waals surface area contributed by atoms with Crippen molar-refractivity contribution in [2.45, 2.75) is 64.0 Å². The summed E-state index contributed by atoms with van der Waals surface area (Å²) in [5.41, 5.74) is -0.225. The first-order valence-electron chi connectivity index (χ1n) is 8.44. The summed E-state index contributed by atoms with van der Waals surface area (Å²) in [6, 6.07) is 0. The van der Waals surface area contributed by atoms with E-state index in [9.17, 15) is 25.2 Å². The van der Waals surface area contributed by atoms with Crippen LogP contribution in [0.15, 0.2) is 24.3 Å². The first-order valence-corrected chi connectivity index (χ1v) is 8.44. The second-order valence-electron chi connectivity index (χ2n) is 7.12. The number of carbonyl (C=O) groups is 1. The van der Waals surface area contributed by atoms with Crippen LogP contribution in [-0.4, -0.2) is 75.9 Å². The van der Waals surface area contributed by atoms with Crippen LogP contribution in [0.1, 0.15) is 27.7 Å². The van der Waals surface area contributed by atoms with Gasteiger partial charge in [-0.15, -0.1) is 0 Å². The van der Waals surface area contributed by atoms with Crippen LogP contribution in [0.25, 0.3) is 0 Å². The molecule has 0 amide bonds. The van der Waals surface area contributed by atoms with E-state index < -0.39 is 42.3 Å². The third kappa shape index (κ3) is 7.14. The predicted molar refractivity (Wildman–Crippen MR) is 93.0 cm³/mol. The van der Waals surface area contributed by atoms with Crippen molar-refractivity contribution in [2.24, 2.45) is 5.92 Å². The van der Waals surface area contributed by atoms with Crippen LogP contribution in [0.3, 0.4) is 0 Å². The molecule has 0 aromatic heterocycles. The van der Waals surface area contributed by atoms with Gasteiger partial charge in [-0.05, 0) is 20.8 Å². The van der Waals surface area contributed by atoms with Gasteiger partial charge in [-0.2, -0.15) is 0 Å². The minimum absolute atomic E-state index is 0.0761. The van der Waals surface area contributed by atoms with Crippen molar-refractivity contribution in [2.75, 3.05) is 13.2 Å². The lowest BCUT2D eigenvalue weighted by atomic mass is 9.98. The molecule has 1 fully saturated rings. The summed E-state index contributed by atoms with van der Waals surface area (Å²) >= 11 is 0. The van der Waals surface area contributed by atoms with Crippen LogP contribution in [-0.2, 0) is 19.0 Å². The van der Waals surface area contributed by atoms with Crippen molar-refractivity contribution in [3.05, 3.63) is 24.3 Å². The maximum absolute atomic E-state index is 10.9. The quantitative estimate of drug-likeness (QED) is 0.343. The molecule has 6 unspecified atom stereocenters. The zero-order valence-electron chi connectivity index (χ0n) is 15.7. The van der Waals surface area contributed by atoms with Crippen LogP contribution in [0, 0.1) is 5.92 Å². The molecule has 1 heterocycles. The van der Waals surface area contributed by atoms with Gasteiger partial charge in [-0.1, -0.05) is 24.3 Å². The molecule has 0 aromatic rings. The molecule has 150 valence electrons. The fourth-order valence-corrected chi connectivity index (χ4v) is 2.30. The van der Waals surface area contributed by atoms with Crippen molar-refractivity contribution in [3.63, 3.8) is 0 Å². The van der Waals surface area contributed by atoms with Gasteiger partial charge in [-0.25, -0.2) is 0 Å². The van der Waals surface area contributed by atoms with E-state index in [-0.39, 0.29) is 19.1 Å². The first kappa shape index (κ1) is 22.8. The third-order valence-corrected chi connectivity index (χ3v) is 3.93. The highest BCUT2D eigenvalue weighted by molar-refractivity contribution is 5.65. The highest BCUT2D eigenvalue weighted by atomic mass is 16.7. The van der Waals surface area contributed by atoms with Gasteiger partial charge < -0.3 is 34.6 Å². The Hall–Kier alpha value is -1.29. The van der Waals surface area contributed by atoms with E-state index in [0.717, 1.165) is 5.57 Å². The van der Waals surface area contributed by atoms with E-state index in [1.807, 2.05) is 0 Å². The highest BCUT2D eigenvalue weighted by Crippen LogP contribution is 2.24. The number of aliphatic hydroxyl groups is 4. The number of aliphatic hydroxyl groups excluding tert-OH is 3. The Morgan fingerprint density at radius 1 is 1.23 bits per heavy atom. The zero-order chi connectivity index (χ0) is 20.1. The lowest BCUT2D eigenvalue weighted by molar-refractivity contribution is -0.302. The van der Waals surface area contributed by atoms with Crippen molar-refractivity contribution in [1.29, 1.82) is 0 Å². The number of esters is 1. The molecule has 8 nitrogen and oxygen atoms in total. The Bertz CT molecular complexity index is 510. The average molecular weight is 374 g/mol. The van der Waals surface area contributed by atoms with Gasteiger partial charge in [0, 0.05) is 12.8 Å². The molecular formula is C18H30O8. The van der Waals surface area contributed by atoms with Crippen LogP contribution in [0.4, 0.5) is 0 Å². The largest absolute Gasteiger partial charge is 0.463 e. The third-order valence-electron chi connectivity index (χ3n) is 3.93. The Labute approximate surface area is 153 Å². The zero-order valence-corrected chi connectivity index (χ0v) is 15.7. The fraction of sp³-hybridized carbons (Fsp3) is 0.722. The van der Waals surface area contributed by atoms with Crippen molar-refractivity contribution in [3.8, 4) is 0 Å². The van der Waals surface area contributed by atoms with Crippen LogP contribution < -0.4 is 0 Å². The van der Waals surface area contributed by atoms with E-state index in [2.05, 4.69) is 6.58 Å². The van der Waals surface area contributed by atoms with E-state index in [4.69, 9.17) is 14.2 Å². The van der Waals surface area contributed by atoms with Gasteiger partial charge in [0.25, 0.3) is 0 Å². The molecule has 8 heteroatoms.